The van der Waals surface area contributed by atoms with Crippen LogP contribution in [0.2, 0.25) is 0 Å². The van der Waals surface area contributed by atoms with Crippen LogP contribution in [0.5, 0.6) is 0 Å². The number of benzene rings is 1. The lowest BCUT2D eigenvalue weighted by Gasteiger charge is -2.25. The Hall–Kier alpha value is -2.63. The molecule has 6 heteroatoms. The molecular weight excluding hydrogens is 294 g/mol. The van der Waals surface area contributed by atoms with Crippen molar-refractivity contribution in [2.45, 2.75) is 18.8 Å². The molecule has 1 aliphatic heterocycles. The molecule has 2 heterocycles. The van der Waals surface area contributed by atoms with E-state index in [2.05, 4.69) is 4.98 Å². The second-order valence-corrected chi connectivity index (χ2v) is 6.02. The molecule has 1 aromatic heterocycles. The number of amides is 1. The summed E-state index contributed by atoms with van der Waals surface area (Å²) >= 11 is 0. The largest absolute Gasteiger partial charge is 0.481 e. The first-order valence-corrected chi connectivity index (χ1v) is 7.52. The average molecular weight is 313 g/mol. The third kappa shape index (κ3) is 2.40. The summed E-state index contributed by atoms with van der Waals surface area (Å²) in [5.41, 5.74) is 0.873. The quantitative estimate of drug-likeness (QED) is 0.934. The van der Waals surface area contributed by atoms with E-state index in [0.29, 0.717) is 24.4 Å². The number of nitrogens with zero attached hydrogens (tertiary/aromatic N) is 3. The van der Waals surface area contributed by atoms with Gasteiger partial charge in [0.25, 0.3) is 5.91 Å². The van der Waals surface area contributed by atoms with Gasteiger partial charge in [-0.15, -0.1) is 0 Å². The maximum absolute atomic E-state index is 12.8. The second kappa shape index (κ2) is 5.53. The molecule has 1 aromatic carbocycles. The third-order valence-corrected chi connectivity index (χ3v) is 4.61. The van der Waals surface area contributed by atoms with Crippen LogP contribution in [0, 0.1) is 6.92 Å². The lowest BCUT2D eigenvalue weighted by atomic mass is 9.80. The topological polar surface area (TPSA) is 75.4 Å². The van der Waals surface area contributed by atoms with Gasteiger partial charge in [-0.2, -0.15) is 0 Å². The van der Waals surface area contributed by atoms with E-state index in [4.69, 9.17) is 0 Å². The number of carboxylic acids is 1. The molecule has 1 aliphatic rings. The number of hydrogen-bond donors (Lipinski definition) is 1. The minimum Gasteiger partial charge on any atom is -0.481 e. The molecule has 0 saturated carbocycles. The van der Waals surface area contributed by atoms with Gasteiger partial charge >= 0.3 is 5.97 Å². The smallest absolute Gasteiger partial charge is 0.316 e. The van der Waals surface area contributed by atoms with Crippen LogP contribution in [-0.2, 0) is 17.3 Å². The van der Waals surface area contributed by atoms with Gasteiger partial charge in [0.15, 0.2) is 0 Å². The van der Waals surface area contributed by atoms with Crippen LogP contribution in [0.1, 0.15) is 28.2 Å². The number of rotatable bonds is 3. The highest BCUT2D eigenvalue weighted by Gasteiger charge is 2.48. The molecule has 3 rings (SSSR count). The Labute approximate surface area is 134 Å². The standard InChI is InChI=1S/C17H19N3O3/c1-12-14(19(2)11-18-12)15(21)20-9-8-17(10-20,16(22)23)13-6-4-3-5-7-13/h3-7,11H,8-10H2,1-2H3,(H,22,23). The van der Waals surface area contributed by atoms with E-state index in [1.807, 2.05) is 30.3 Å². The van der Waals surface area contributed by atoms with Gasteiger partial charge in [-0.1, -0.05) is 30.3 Å². The Kier molecular flexibility index (Phi) is 3.67. The molecule has 120 valence electrons. The highest BCUT2D eigenvalue weighted by atomic mass is 16.4. The van der Waals surface area contributed by atoms with Crippen molar-refractivity contribution >= 4 is 11.9 Å². The number of likely N-dealkylation sites (tertiary alicyclic amines) is 1. The molecule has 23 heavy (non-hydrogen) atoms. The Balaban J connectivity index is 1.92. The van der Waals surface area contributed by atoms with Crippen LogP contribution in [0.4, 0.5) is 0 Å². The van der Waals surface area contributed by atoms with Crippen molar-refractivity contribution in [3.8, 4) is 0 Å². The van der Waals surface area contributed by atoms with Crippen molar-refractivity contribution in [2.24, 2.45) is 7.05 Å². The molecule has 0 radical (unpaired) electrons. The van der Waals surface area contributed by atoms with Gasteiger partial charge in [0.1, 0.15) is 11.1 Å². The van der Waals surface area contributed by atoms with E-state index in [0.717, 1.165) is 5.56 Å². The molecule has 0 spiro atoms. The Morgan fingerprint density at radius 2 is 1.96 bits per heavy atom. The van der Waals surface area contributed by atoms with Crippen molar-refractivity contribution in [1.29, 1.82) is 0 Å². The molecule has 0 bridgehead atoms. The first-order chi connectivity index (χ1) is 11.0. The van der Waals surface area contributed by atoms with E-state index >= 15 is 0 Å². The predicted molar refractivity (Wildman–Crippen MR) is 84.2 cm³/mol. The van der Waals surface area contributed by atoms with E-state index in [9.17, 15) is 14.7 Å². The fourth-order valence-corrected chi connectivity index (χ4v) is 3.28. The predicted octanol–water partition coefficient (Wildman–Crippen LogP) is 1.60. The summed E-state index contributed by atoms with van der Waals surface area (Å²) in [4.78, 5) is 30.5. The maximum atomic E-state index is 12.8. The van der Waals surface area contributed by atoms with Gasteiger partial charge in [-0.25, -0.2) is 4.98 Å². The minimum absolute atomic E-state index is 0.165. The lowest BCUT2D eigenvalue weighted by Crippen LogP contribution is -2.40. The van der Waals surface area contributed by atoms with E-state index < -0.39 is 11.4 Å². The average Bonchev–Trinajstić information content (AvgIpc) is 3.13. The molecule has 6 nitrogen and oxygen atoms in total. The molecular formula is C17H19N3O3. The zero-order valence-electron chi connectivity index (χ0n) is 13.2. The number of aromatic nitrogens is 2. The Morgan fingerprint density at radius 3 is 2.52 bits per heavy atom. The molecule has 1 N–H and O–H groups in total. The minimum atomic E-state index is -1.04. The lowest BCUT2D eigenvalue weighted by molar-refractivity contribution is -0.143. The van der Waals surface area contributed by atoms with Crippen LogP contribution in [-0.4, -0.2) is 44.5 Å². The van der Waals surface area contributed by atoms with Crippen LogP contribution in [0.3, 0.4) is 0 Å². The SMILES string of the molecule is Cc1ncn(C)c1C(=O)N1CCC(C(=O)O)(c2ccccc2)C1. The van der Waals surface area contributed by atoms with Crippen molar-refractivity contribution in [1.82, 2.24) is 14.5 Å². The number of carbonyl (C=O) groups is 2. The second-order valence-electron chi connectivity index (χ2n) is 6.02. The van der Waals surface area contributed by atoms with Crippen molar-refractivity contribution in [3.63, 3.8) is 0 Å². The van der Waals surface area contributed by atoms with Crippen molar-refractivity contribution in [3.05, 3.63) is 53.6 Å². The van der Waals surface area contributed by atoms with Crippen LogP contribution >= 0.6 is 0 Å². The zero-order chi connectivity index (χ0) is 16.6. The molecule has 1 amide bonds. The van der Waals surface area contributed by atoms with Gasteiger partial charge in [0, 0.05) is 20.1 Å². The highest BCUT2D eigenvalue weighted by molar-refractivity contribution is 5.95. The molecule has 1 fully saturated rings. The first-order valence-electron chi connectivity index (χ1n) is 7.52. The normalized spacial score (nSPS) is 20.7. The van der Waals surface area contributed by atoms with E-state index in [1.54, 1.807) is 29.8 Å². The number of imidazole rings is 1. The molecule has 1 saturated heterocycles. The summed E-state index contributed by atoms with van der Waals surface area (Å²) in [5, 5.41) is 9.80. The molecule has 2 aromatic rings. The van der Waals surface area contributed by atoms with Crippen LogP contribution in [0.15, 0.2) is 36.7 Å². The third-order valence-electron chi connectivity index (χ3n) is 4.61. The van der Waals surface area contributed by atoms with Gasteiger partial charge in [0.05, 0.1) is 12.0 Å². The van der Waals surface area contributed by atoms with Gasteiger partial charge in [-0.05, 0) is 18.9 Å². The first kappa shape index (κ1) is 15.3. The Morgan fingerprint density at radius 1 is 1.26 bits per heavy atom. The monoisotopic (exact) mass is 313 g/mol. The zero-order valence-corrected chi connectivity index (χ0v) is 13.2. The number of carbonyl (C=O) groups excluding carboxylic acids is 1. The highest BCUT2D eigenvalue weighted by Crippen LogP contribution is 2.35. The van der Waals surface area contributed by atoms with E-state index in [-0.39, 0.29) is 12.5 Å². The summed E-state index contributed by atoms with van der Waals surface area (Å²) in [5.74, 6) is -1.05. The fourth-order valence-electron chi connectivity index (χ4n) is 3.28. The fraction of sp³-hybridized carbons (Fsp3) is 0.353. The van der Waals surface area contributed by atoms with E-state index in [1.165, 1.54) is 0 Å². The number of aliphatic carboxylic acids is 1. The van der Waals surface area contributed by atoms with Gasteiger partial charge in [-0.3, -0.25) is 9.59 Å². The van der Waals surface area contributed by atoms with Crippen LogP contribution in [0.25, 0.3) is 0 Å². The number of hydrogen-bond acceptors (Lipinski definition) is 3. The summed E-state index contributed by atoms with van der Waals surface area (Å²) in [6.07, 6.45) is 2.01. The summed E-state index contributed by atoms with van der Waals surface area (Å²) in [6, 6.07) is 9.15. The summed E-state index contributed by atoms with van der Waals surface area (Å²) in [6.45, 7) is 2.38. The van der Waals surface area contributed by atoms with Crippen molar-refractivity contribution < 1.29 is 14.7 Å². The number of aryl methyl sites for hydroxylation is 2. The summed E-state index contributed by atoms with van der Waals surface area (Å²) < 4.78 is 1.68. The Bertz CT molecular complexity index is 734. The molecule has 1 unspecified atom stereocenters. The van der Waals surface area contributed by atoms with Crippen molar-refractivity contribution in [2.75, 3.05) is 13.1 Å². The maximum Gasteiger partial charge on any atom is 0.316 e. The molecule has 0 aliphatic carbocycles. The van der Waals surface area contributed by atoms with Gasteiger partial charge < -0.3 is 14.6 Å². The summed E-state index contributed by atoms with van der Waals surface area (Å²) in [7, 11) is 1.77. The molecule has 1 atom stereocenters. The van der Waals surface area contributed by atoms with Gasteiger partial charge in [0.2, 0.25) is 0 Å². The van der Waals surface area contributed by atoms with Crippen LogP contribution < -0.4 is 0 Å². The number of carboxylic acid groups (broad SMARTS) is 1.